The van der Waals surface area contributed by atoms with Gasteiger partial charge in [0.15, 0.2) is 0 Å². The molecule has 3 rings (SSSR count). The van der Waals surface area contributed by atoms with Gasteiger partial charge in [0.2, 0.25) is 5.91 Å². The van der Waals surface area contributed by atoms with Crippen molar-refractivity contribution in [1.29, 1.82) is 0 Å². The molecule has 2 heterocycles. The predicted octanol–water partition coefficient (Wildman–Crippen LogP) is 3.63. The highest BCUT2D eigenvalue weighted by atomic mass is 19.1. The zero-order valence-corrected chi connectivity index (χ0v) is 16.8. The minimum absolute atomic E-state index is 0.0683. The number of anilines is 1. The van der Waals surface area contributed by atoms with Crippen molar-refractivity contribution in [2.45, 2.75) is 41.0 Å². The largest absolute Gasteiger partial charge is 0.312 e. The molecule has 2 aromatic heterocycles. The Labute approximate surface area is 164 Å². The summed E-state index contributed by atoms with van der Waals surface area (Å²) in [5, 5.41) is 4.56. The maximum atomic E-state index is 13.2. The Morgan fingerprint density at radius 1 is 1.07 bits per heavy atom. The number of aryl methyl sites for hydroxylation is 3. The highest BCUT2D eigenvalue weighted by Crippen LogP contribution is 2.21. The number of aromatic nitrogens is 4. The molecule has 0 radical (unpaired) electrons. The minimum atomic E-state index is -0.325. The van der Waals surface area contributed by atoms with E-state index in [0.29, 0.717) is 18.2 Å². The van der Waals surface area contributed by atoms with Gasteiger partial charge >= 0.3 is 0 Å². The van der Waals surface area contributed by atoms with Crippen molar-refractivity contribution in [1.82, 2.24) is 19.7 Å². The first-order valence-electron chi connectivity index (χ1n) is 9.23. The van der Waals surface area contributed by atoms with Gasteiger partial charge in [-0.25, -0.2) is 19.0 Å². The molecule has 146 valence electrons. The van der Waals surface area contributed by atoms with Crippen LogP contribution in [0.3, 0.4) is 0 Å². The fourth-order valence-corrected chi connectivity index (χ4v) is 3.30. The van der Waals surface area contributed by atoms with Gasteiger partial charge in [-0.3, -0.25) is 4.79 Å². The summed E-state index contributed by atoms with van der Waals surface area (Å²) in [4.78, 5) is 23.5. The van der Waals surface area contributed by atoms with Crippen LogP contribution in [0.2, 0.25) is 0 Å². The molecular formula is C21H24FN5O. The Bertz CT molecular complexity index is 990. The van der Waals surface area contributed by atoms with Gasteiger partial charge in [-0.2, -0.15) is 5.10 Å². The number of nitrogens with zero attached hydrogens (tertiary/aromatic N) is 5. The molecule has 7 heteroatoms. The lowest BCUT2D eigenvalue weighted by atomic mass is 10.1. The molecule has 0 unspecified atom stereocenters. The van der Waals surface area contributed by atoms with Gasteiger partial charge in [0, 0.05) is 34.9 Å². The molecule has 1 aromatic carbocycles. The molecule has 0 fully saturated rings. The molecule has 0 saturated carbocycles. The Morgan fingerprint density at radius 2 is 1.68 bits per heavy atom. The predicted molar refractivity (Wildman–Crippen MR) is 106 cm³/mol. The van der Waals surface area contributed by atoms with Crippen molar-refractivity contribution >= 4 is 11.6 Å². The van der Waals surface area contributed by atoms with Gasteiger partial charge in [-0.1, -0.05) is 0 Å². The third-order valence-electron chi connectivity index (χ3n) is 4.68. The van der Waals surface area contributed by atoms with Crippen molar-refractivity contribution in [3.63, 3.8) is 0 Å². The lowest BCUT2D eigenvalue weighted by Gasteiger charge is -2.21. The van der Waals surface area contributed by atoms with Crippen LogP contribution in [-0.2, 0) is 11.2 Å². The number of carbonyl (C=O) groups is 1. The van der Waals surface area contributed by atoms with Gasteiger partial charge in [-0.15, -0.1) is 0 Å². The van der Waals surface area contributed by atoms with Crippen LogP contribution >= 0.6 is 0 Å². The van der Waals surface area contributed by atoms with E-state index >= 15 is 0 Å². The van der Waals surface area contributed by atoms with Crippen LogP contribution in [0, 0.1) is 33.5 Å². The number of benzene rings is 1. The van der Waals surface area contributed by atoms with E-state index in [1.807, 2.05) is 40.7 Å². The van der Waals surface area contributed by atoms with E-state index in [0.717, 1.165) is 28.3 Å². The van der Waals surface area contributed by atoms with Crippen LogP contribution in [0.5, 0.6) is 0 Å². The summed E-state index contributed by atoms with van der Waals surface area (Å²) in [6.45, 7) is 10.0. The summed E-state index contributed by atoms with van der Waals surface area (Å²) < 4.78 is 14.9. The third kappa shape index (κ3) is 3.93. The second-order valence-electron chi connectivity index (χ2n) is 6.80. The minimum Gasteiger partial charge on any atom is -0.312 e. The quantitative estimate of drug-likeness (QED) is 0.677. The number of halogens is 1. The standard InChI is InChI=1S/C21H24FN5O/c1-6-26(18-9-7-17(22)8-10-18)20(28)12-19-15(4)25-27(16(19)5)21-23-13(2)11-14(3)24-21/h7-11H,6,12H2,1-5H3. The first kappa shape index (κ1) is 19.7. The van der Waals surface area contributed by atoms with Gasteiger partial charge in [-0.05, 0) is 65.0 Å². The second kappa shape index (κ2) is 7.88. The summed E-state index contributed by atoms with van der Waals surface area (Å²) in [5.74, 6) is 0.109. The molecule has 1 amide bonds. The van der Waals surface area contributed by atoms with Gasteiger partial charge in [0.1, 0.15) is 5.82 Å². The maximum absolute atomic E-state index is 13.2. The van der Waals surface area contributed by atoms with Crippen LogP contribution < -0.4 is 4.90 Å². The van der Waals surface area contributed by atoms with Crippen LogP contribution in [0.1, 0.15) is 35.3 Å². The SMILES string of the molecule is CCN(C(=O)Cc1c(C)nn(-c2nc(C)cc(C)n2)c1C)c1ccc(F)cc1. The number of carbonyl (C=O) groups excluding carboxylic acids is 1. The molecule has 6 nitrogen and oxygen atoms in total. The molecule has 0 saturated heterocycles. The molecule has 3 aromatic rings. The topological polar surface area (TPSA) is 63.9 Å². The summed E-state index contributed by atoms with van der Waals surface area (Å²) >= 11 is 0. The van der Waals surface area contributed by atoms with Gasteiger partial charge in [0.25, 0.3) is 5.95 Å². The summed E-state index contributed by atoms with van der Waals surface area (Å²) in [7, 11) is 0. The molecule has 0 aliphatic heterocycles. The molecule has 0 aliphatic rings. The van der Waals surface area contributed by atoms with Crippen molar-refractivity contribution in [3.8, 4) is 5.95 Å². The van der Waals surface area contributed by atoms with Crippen molar-refractivity contribution < 1.29 is 9.18 Å². The molecule has 0 N–H and O–H groups in total. The van der Waals surface area contributed by atoms with E-state index in [4.69, 9.17) is 0 Å². The Hall–Kier alpha value is -3.09. The van der Waals surface area contributed by atoms with E-state index in [2.05, 4.69) is 15.1 Å². The lowest BCUT2D eigenvalue weighted by Crippen LogP contribution is -2.32. The Balaban J connectivity index is 1.91. The monoisotopic (exact) mass is 381 g/mol. The molecule has 0 atom stereocenters. The first-order chi connectivity index (χ1) is 13.3. The van der Waals surface area contributed by atoms with Crippen molar-refractivity contribution in [2.75, 3.05) is 11.4 Å². The summed E-state index contributed by atoms with van der Waals surface area (Å²) in [6, 6.07) is 7.85. The number of likely N-dealkylation sites (N-methyl/N-ethyl adjacent to an activating group) is 1. The van der Waals surface area contributed by atoms with Crippen LogP contribution in [0.15, 0.2) is 30.3 Å². The molecule has 28 heavy (non-hydrogen) atoms. The second-order valence-corrected chi connectivity index (χ2v) is 6.80. The average Bonchev–Trinajstić information content (AvgIpc) is 2.91. The lowest BCUT2D eigenvalue weighted by molar-refractivity contribution is -0.118. The van der Waals surface area contributed by atoms with E-state index in [1.54, 1.807) is 21.7 Å². The zero-order chi connectivity index (χ0) is 20.4. The maximum Gasteiger partial charge on any atom is 0.251 e. The number of hydrogen-bond acceptors (Lipinski definition) is 4. The molecule has 0 spiro atoms. The fraction of sp³-hybridized carbons (Fsp3) is 0.333. The Morgan fingerprint density at radius 3 is 2.25 bits per heavy atom. The summed E-state index contributed by atoms with van der Waals surface area (Å²) in [6.07, 6.45) is 0.202. The van der Waals surface area contributed by atoms with Crippen LogP contribution in [0.25, 0.3) is 5.95 Å². The van der Waals surface area contributed by atoms with Crippen LogP contribution in [-0.4, -0.2) is 32.2 Å². The Kier molecular flexibility index (Phi) is 5.53. The highest BCUT2D eigenvalue weighted by Gasteiger charge is 2.21. The highest BCUT2D eigenvalue weighted by molar-refractivity contribution is 5.94. The normalized spacial score (nSPS) is 10.9. The van der Waals surface area contributed by atoms with Crippen molar-refractivity contribution in [3.05, 3.63) is 64.5 Å². The van der Waals surface area contributed by atoms with Gasteiger partial charge < -0.3 is 4.90 Å². The zero-order valence-electron chi connectivity index (χ0n) is 16.8. The molecule has 0 bridgehead atoms. The first-order valence-corrected chi connectivity index (χ1v) is 9.23. The van der Waals surface area contributed by atoms with E-state index in [-0.39, 0.29) is 18.1 Å². The third-order valence-corrected chi connectivity index (χ3v) is 4.68. The van der Waals surface area contributed by atoms with E-state index in [1.165, 1.54) is 12.1 Å². The number of rotatable bonds is 5. The number of hydrogen-bond donors (Lipinski definition) is 0. The summed E-state index contributed by atoms with van der Waals surface area (Å²) in [5.41, 5.74) is 4.86. The fourth-order valence-electron chi connectivity index (χ4n) is 3.30. The molecular weight excluding hydrogens is 357 g/mol. The smallest absolute Gasteiger partial charge is 0.251 e. The van der Waals surface area contributed by atoms with E-state index in [9.17, 15) is 9.18 Å². The molecule has 0 aliphatic carbocycles. The van der Waals surface area contributed by atoms with Crippen molar-refractivity contribution in [2.24, 2.45) is 0 Å². The van der Waals surface area contributed by atoms with Crippen LogP contribution in [0.4, 0.5) is 10.1 Å². The van der Waals surface area contributed by atoms with Gasteiger partial charge in [0.05, 0.1) is 12.1 Å². The average molecular weight is 381 g/mol. The van der Waals surface area contributed by atoms with E-state index < -0.39 is 0 Å². The number of amides is 1.